The molecule has 0 aliphatic carbocycles. The maximum absolute atomic E-state index is 6.15. The predicted molar refractivity (Wildman–Crippen MR) is 235 cm³/mol. The maximum Gasteiger partial charge on any atom is 0.135 e. The van der Waals surface area contributed by atoms with E-state index in [0.29, 0.717) is 0 Å². The van der Waals surface area contributed by atoms with Crippen LogP contribution in [0.25, 0.3) is 56.0 Å². The van der Waals surface area contributed by atoms with Crippen LogP contribution in [0.5, 0.6) is 0 Å². The Morgan fingerprint density at radius 2 is 0.696 bits per heavy atom. The van der Waals surface area contributed by atoms with Gasteiger partial charge < -0.3 is 18.6 Å². The molecule has 0 saturated carbocycles. The van der Waals surface area contributed by atoms with E-state index in [1.165, 1.54) is 11.1 Å². The van der Waals surface area contributed by atoms with Gasteiger partial charge in [-0.3, -0.25) is 0 Å². The molecule has 268 valence electrons. The zero-order chi connectivity index (χ0) is 37.6. The molecule has 0 atom stereocenters. The number of para-hydroxylation sites is 2. The van der Waals surface area contributed by atoms with Gasteiger partial charge in [-0.05, 0) is 133 Å². The standard InChI is InChI=1S/C52H38N2O2/c1-35-9-7-11-41(31-35)53(43-27-29-51-47(33-43)45-13-3-5-15-49(45)55-51)39-23-19-37(20-24-39)17-18-38-21-25-40(26-22-38)54(42-12-8-10-36(2)32-42)44-28-30-52-48(34-44)46-14-4-6-16-50(46)56-52/h3-34H,1-2H3/b18-17+. The normalized spacial score (nSPS) is 11.7. The molecule has 10 aromatic rings. The summed E-state index contributed by atoms with van der Waals surface area (Å²) >= 11 is 0. The Kier molecular flexibility index (Phi) is 8.23. The van der Waals surface area contributed by atoms with Crippen molar-refractivity contribution in [3.63, 3.8) is 0 Å². The van der Waals surface area contributed by atoms with Crippen LogP contribution in [0, 0.1) is 13.8 Å². The molecule has 8 aromatic carbocycles. The molecule has 0 bridgehead atoms. The van der Waals surface area contributed by atoms with Crippen LogP contribution in [-0.4, -0.2) is 0 Å². The monoisotopic (exact) mass is 722 g/mol. The van der Waals surface area contributed by atoms with Gasteiger partial charge in [-0.25, -0.2) is 0 Å². The van der Waals surface area contributed by atoms with Crippen molar-refractivity contribution < 1.29 is 8.83 Å². The summed E-state index contributed by atoms with van der Waals surface area (Å²) in [7, 11) is 0. The quantitative estimate of drug-likeness (QED) is 0.146. The third-order valence-corrected chi connectivity index (χ3v) is 10.5. The predicted octanol–water partition coefficient (Wildman–Crippen LogP) is 15.2. The van der Waals surface area contributed by atoms with Gasteiger partial charge >= 0.3 is 0 Å². The zero-order valence-corrected chi connectivity index (χ0v) is 31.2. The number of furan rings is 2. The topological polar surface area (TPSA) is 32.8 Å². The Hall–Kier alpha value is -7.30. The second kappa shape index (κ2) is 13.8. The van der Waals surface area contributed by atoms with Crippen LogP contribution < -0.4 is 9.80 Å². The highest BCUT2D eigenvalue weighted by Crippen LogP contribution is 2.41. The minimum Gasteiger partial charge on any atom is -0.456 e. The summed E-state index contributed by atoms with van der Waals surface area (Å²) in [4.78, 5) is 4.63. The lowest BCUT2D eigenvalue weighted by Gasteiger charge is -2.26. The van der Waals surface area contributed by atoms with Crippen LogP contribution in [0.15, 0.2) is 191 Å². The van der Waals surface area contributed by atoms with Crippen LogP contribution >= 0.6 is 0 Å². The van der Waals surface area contributed by atoms with Gasteiger partial charge in [-0.1, -0.05) is 97.1 Å². The maximum atomic E-state index is 6.15. The van der Waals surface area contributed by atoms with E-state index in [1.54, 1.807) is 0 Å². The highest BCUT2D eigenvalue weighted by molar-refractivity contribution is 6.07. The summed E-state index contributed by atoms with van der Waals surface area (Å²) in [6, 6.07) is 64.2. The van der Waals surface area contributed by atoms with Crippen molar-refractivity contribution in [3.8, 4) is 0 Å². The Labute approximate surface area is 325 Å². The highest BCUT2D eigenvalue weighted by atomic mass is 16.3. The molecule has 0 aliphatic rings. The second-order valence-corrected chi connectivity index (χ2v) is 14.4. The van der Waals surface area contributed by atoms with Gasteiger partial charge in [0.2, 0.25) is 0 Å². The Morgan fingerprint density at radius 3 is 1.12 bits per heavy atom. The highest BCUT2D eigenvalue weighted by Gasteiger charge is 2.17. The Bertz CT molecular complexity index is 2850. The number of hydrogen-bond acceptors (Lipinski definition) is 4. The summed E-state index contributed by atoms with van der Waals surface area (Å²) < 4.78 is 12.3. The fourth-order valence-corrected chi connectivity index (χ4v) is 7.80. The van der Waals surface area contributed by atoms with Gasteiger partial charge in [0.25, 0.3) is 0 Å². The van der Waals surface area contributed by atoms with Gasteiger partial charge in [0.1, 0.15) is 22.3 Å². The molecular formula is C52H38N2O2. The van der Waals surface area contributed by atoms with Crippen LogP contribution in [0.2, 0.25) is 0 Å². The van der Waals surface area contributed by atoms with Gasteiger partial charge in [-0.15, -0.1) is 0 Å². The number of anilines is 6. The Balaban J connectivity index is 0.948. The first kappa shape index (κ1) is 33.3. The van der Waals surface area contributed by atoms with Crippen molar-refractivity contribution >= 4 is 90.2 Å². The molecule has 0 fully saturated rings. The molecule has 0 aliphatic heterocycles. The lowest BCUT2D eigenvalue weighted by Crippen LogP contribution is -2.10. The SMILES string of the molecule is Cc1cccc(N(c2ccc(/C=C/c3ccc(N(c4cccc(C)c4)c4ccc5oc6ccccc6c5c4)cc3)cc2)c2ccc3oc4ccccc4c3c2)c1. The molecule has 0 amide bonds. The fourth-order valence-electron chi connectivity index (χ4n) is 7.80. The largest absolute Gasteiger partial charge is 0.456 e. The minimum absolute atomic E-state index is 0.889. The van der Waals surface area contributed by atoms with E-state index in [9.17, 15) is 0 Å². The fraction of sp³-hybridized carbons (Fsp3) is 0.0385. The second-order valence-electron chi connectivity index (χ2n) is 14.4. The molecule has 56 heavy (non-hydrogen) atoms. The van der Waals surface area contributed by atoms with Crippen LogP contribution in [0.1, 0.15) is 22.3 Å². The van der Waals surface area contributed by atoms with Gasteiger partial charge in [-0.2, -0.15) is 0 Å². The first-order chi connectivity index (χ1) is 27.5. The van der Waals surface area contributed by atoms with E-state index in [-0.39, 0.29) is 0 Å². The number of fused-ring (bicyclic) bond motifs is 6. The van der Waals surface area contributed by atoms with E-state index in [4.69, 9.17) is 8.83 Å². The summed E-state index contributed by atoms with van der Waals surface area (Å²) in [5.74, 6) is 0. The summed E-state index contributed by atoms with van der Waals surface area (Å²) in [6.45, 7) is 4.27. The van der Waals surface area contributed by atoms with E-state index < -0.39 is 0 Å². The van der Waals surface area contributed by atoms with Crippen molar-refractivity contribution in [3.05, 3.63) is 204 Å². The third kappa shape index (κ3) is 6.17. The van der Waals surface area contributed by atoms with Gasteiger partial charge in [0.15, 0.2) is 0 Å². The summed E-state index contributed by atoms with van der Waals surface area (Å²) in [6.07, 6.45) is 4.35. The lowest BCUT2D eigenvalue weighted by atomic mass is 10.1. The van der Waals surface area contributed by atoms with E-state index >= 15 is 0 Å². The molecule has 2 aromatic heterocycles. The van der Waals surface area contributed by atoms with Gasteiger partial charge in [0, 0.05) is 55.7 Å². The van der Waals surface area contributed by atoms with Crippen molar-refractivity contribution in [2.75, 3.05) is 9.80 Å². The lowest BCUT2D eigenvalue weighted by molar-refractivity contribution is 0.668. The molecular weight excluding hydrogens is 685 g/mol. The number of rotatable bonds is 8. The minimum atomic E-state index is 0.889. The van der Waals surface area contributed by atoms with Crippen molar-refractivity contribution in [1.29, 1.82) is 0 Å². The first-order valence-corrected chi connectivity index (χ1v) is 19.0. The molecule has 10 rings (SSSR count). The Morgan fingerprint density at radius 1 is 0.321 bits per heavy atom. The van der Waals surface area contributed by atoms with E-state index in [2.05, 4.69) is 194 Å². The molecule has 4 nitrogen and oxygen atoms in total. The van der Waals surface area contributed by atoms with Crippen LogP contribution in [-0.2, 0) is 0 Å². The molecule has 0 N–H and O–H groups in total. The first-order valence-electron chi connectivity index (χ1n) is 19.0. The third-order valence-electron chi connectivity index (χ3n) is 10.5. The molecule has 4 heteroatoms. The number of hydrogen-bond donors (Lipinski definition) is 0. The smallest absolute Gasteiger partial charge is 0.135 e. The molecule has 0 spiro atoms. The van der Waals surface area contributed by atoms with Crippen LogP contribution in [0.4, 0.5) is 34.1 Å². The van der Waals surface area contributed by atoms with Crippen molar-refractivity contribution in [2.24, 2.45) is 0 Å². The molecule has 0 radical (unpaired) electrons. The van der Waals surface area contributed by atoms with E-state index in [0.717, 1.165) is 89.1 Å². The van der Waals surface area contributed by atoms with Crippen molar-refractivity contribution in [2.45, 2.75) is 13.8 Å². The summed E-state index contributed by atoms with van der Waals surface area (Å²) in [5.41, 5.74) is 14.8. The zero-order valence-electron chi connectivity index (χ0n) is 31.2. The number of nitrogens with zero attached hydrogens (tertiary/aromatic N) is 2. The molecule has 0 unspecified atom stereocenters. The summed E-state index contributed by atoms with van der Waals surface area (Å²) in [5, 5.41) is 4.45. The van der Waals surface area contributed by atoms with Crippen LogP contribution in [0.3, 0.4) is 0 Å². The number of aryl methyl sites for hydroxylation is 2. The van der Waals surface area contributed by atoms with E-state index in [1.807, 2.05) is 24.3 Å². The average Bonchev–Trinajstić information content (AvgIpc) is 3.79. The number of benzene rings is 8. The van der Waals surface area contributed by atoms with Gasteiger partial charge in [0.05, 0.1) is 0 Å². The molecule has 0 saturated heterocycles. The molecule has 2 heterocycles. The van der Waals surface area contributed by atoms with Crippen molar-refractivity contribution in [1.82, 2.24) is 0 Å². The average molecular weight is 723 g/mol.